The maximum absolute atomic E-state index is 12.2. The van der Waals surface area contributed by atoms with Gasteiger partial charge in [-0.1, -0.05) is 12.1 Å². The van der Waals surface area contributed by atoms with Crippen LogP contribution in [0.1, 0.15) is 37.6 Å². The Labute approximate surface area is 137 Å². The average Bonchev–Trinajstić information content (AvgIpc) is 2.96. The number of nitrogens with zero attached hydrogens (tertiary/aromatic N) is 2. The molecule has 24 heavy (non-hydrogen) atoms. The van der Waals surface area contributed by atoms with Crippen LogP contribution in [-0.2, 0) is 4.79 Å². The largest absolute Gasteiger partial charge is 0.444 e. The number of carbonyl (C=O) groups excluding carboxylic acids is 3. The Morgan fingerprint density at radius 3 is 2.33 bits per heavy atom. The number of nitrogens with one attached hydrogen (secondary N) is 1. The lowest BCUT2D eigenvalue weighted by atomic mass is 10.1. The summed E-state index contributed by atoms with van der Waals surface area (Å²) in [4.78, 5) is 37.5. The number of rotatable bonds is 3. The number of amides is 3. The highest BCUT2D eigenvalue weighted by Gasteiger charge is 2.36. The number of furan rings is 1. The fourth-order valence-electron chi connectivity index (χ4n) is 2.54. The summed E-state index contributed by atoms with van der Waals surface area (Å²) in [7, 11) is 0. The van der Waals surface area contributed by atoms with E-state index in [0.717, 1.165) is 4.90 Å². The Hall–Kier alpha value is -3.40. The Bertz CT molecular complexity index is 885. The molecule has 7 heteroatoms. The highest BCUT2D eigenvalue weighted by Crippen LogP contribution is 2.26. The van der Waals surface area contributed by atoms with Crippen LogP contribution in [0, 0.1) is 25.2 Å². The molecule has 0 bridgehead atoms. The summed E-state index contributed by atoms with van der Waals surface area (Å²) in [6.07, 6.45) is 0. The minimum absolute atomic E-state index is 0.0223. The van der Waals surface area contributed by atoms with E-state index >= 15 is 0 Å². The average molecular weight is 323 g/mol. The Morgan fingerprint density at radius 2 is 1.79 bits per heavy atom. The molecule has 1 N–H and O–H groups in total. The topological polar surface area (TPSA) is 103 Å². The van der Waals surface area contributed by atoms with Crippen molar-refractivity contribution in [2.75, 3.05) is 11.9 Å². The van der Waals surface area contributed by atoms with Crippen molar-refractivity contribution in [1.29, 1.82) is 5.26 Å². The van der Waals surface area contributed by atoms with Crippen molar-refractivity contribution in [2.45, 2.75) is 13.8 Å². The van der Waals surface area contributed by atoms with Crippen LogP contribution in [0.4, 0.5) is 5.88 Å². The molecule has 120 valence electrons. The summed E-state index contributed by atoms with van der Waals surface area (Å²) in [6.45, 7) is 2.93. The molecule has 0 unspecified atom stereocenters. The van der Waals surface area contributed by atoms with Crippen molar-refractivity contribution < 1.29 is 18.8 Å². The van der Waals surface area contributed by atoms with Crippen LogP contribution in [0.25, 0.3) is 0 Å². The first-order valence-corrected chi connectivity index (χ1v) is 7.19. The van der Waals surface area contributed by atoms with Crippen LogP contribution < -0.4 is 5.32 Å². The molecule has 7 nitrogen and oxygen atoms in total. The van der Waals surface area contributed by atoms with Crippen LogP contribution in [0.5, 0.6) is 0 Å². The number of benzene rings is 1. The fourth-order valence-corrected chi connectivity index (χ4v) is 2.54. The number of carbonyl (C=O) groups is 3. The van der Waals surface area contributed by atoms with E-state index in [1.54, 1.807) is 38.1 Å². The summed E-state index contributed by atoms with van der Waals surface area (Å²) >= 11 is 0. The van der Waals surface area contributed by atoms with Gasteiger partial charge in [0.1, 0.15) is 23.9 Å². The van der Waals surface area contributed by atoms with Gasteiger partial charge in [-0.15, -0.1) is 0 Å². The number of aryl methyl sites for hydroxylation is 1. The molecule has 2 heterocycles. The molecule has 0 aliphatic carbocycles. The molecular formula is C17H13N3O4. The standard InChI is InChI=1S/C17H13N3O4/c1-9-10(2)24-15(13(9)7-18)19-14(21)8-20-16(22)11-5-3-4-6-12(11)17(20)23/h3-6H,8H2,1-2H3,(H,19,21). The van der Waals surface area contributed by atoms with E-state index in [-0.39, 0.29) is 22.6 Å². The van der Waals surface area contributed by atoms with Crippen LogP contribution in [0.3, 0.4) is 0 Å². The van der Waals surface area contributed by atoms with E-state index < -0.39 is 24.3 Å². The predicted molar refractivity (Wildman–Crippen MR) is 83.3 cm³/mol. The van der Waals surface area contributed by atoms with Gasteiger partial charge in [0, 0.05) is 5.56 Å². The molecule has 3 rings (SSSR count). The number of anilines is 1. The maximum atomic E-state index is 12.2. The van der Waals surface area contributed by atoms with Crippen LogP contribution in [0.15, 0.2) is 28.7 Å². The number of fused-ring (bicyclic) bond motifs is 1. The summed E-state index contributed by atoms with van der Waals surface area (Å²) in [6, 6.07) is 8.35. The molecule has 2 aromatic rings. The minimum Gasteiger partial charge on any atom is -0.444 e. The lowest BCUT2D eigenvalue weighted by Gasteiger charge is -2.12. The molecule has 1 aliphatic heterocycles. The molecule has 0 fully saturated rings. The van der Waals surface area contributed by atoms with Gasteiger partial charge in [0.05, 0.1) is 11.1 Å². The van der Waals surface area contributed by atoms with Gasteiger partial charge in [0.25, 0.3) is 11.8 Å². The first-order valence-electron chi connectivity index (χ1n) is 7.19. The van der Waals surface area contributed by atoms with E-state index in [0.29, 0.717) is 11.3 Å². The Balaban J connectivity index is 1.78. The number of hydrogen-bond acceptors (Lipinski definition) is 5. The zero-order valence-electron chi connectivity index (χ0n) is 13.0. The smallest absolute Gasteiger partial charge is 0.262 e. The molecule has 0 spiro atoms. The third kappa shape index (κ3) is 2.34. The molecular weight excluding hydrogens is 310 g/mol. The SMILES string of the molecule is Cc1oc(NC(=O)CN2C(=O)c3ccccc3C2=O)c(C#N)c1C. The zero-order valence-corrected chi connectivity index (χ0v) is 13.0. The van der Waals surface area contributed by atoms with Crippen molar-refractivity contribution in [3.8, 4) is 6.07 Å². The van der Waals surface area contributed by atoms with E-state index in [4.69, 9.17) is 9.68 Å². The van der Waals surface area contributed by atoms with Gasteiger partial charge in [-0.2, -0.15) is 5.26 Å². The first-order chi connectivity index (χ1) is 11.4. The monoisotopic (exact) mass is 323 g/mol. The Kier molecular flexibility index (Phi) is 3.66. The van der Waals surface area contributed by atoms with E-state index in [9.17, 15) is 14.4 Å². The normalized spacial score (nSPS) is 13.0. The second-order valence-corrected chi connectivity index (χ2v) is 5.39. The lowest BCUT2D eigenvalue weighted by molar-refractivity contribution is -0.116. The van der Waals surface area contributed by atoms with E-state index in [1.165, 1.54) is 0 Å². The van der Waals surface area contributed by atoms with Gasteiger partial charge in [-0.25, -0.2) is 0 Å². The molecule has 1 aliphatic rings. The molecule has 0 saturated carbocycles. The highest BCUT2D eigenvalue weighted by atomic mass is 16.4. The van der Waals surface area contributed by atoms with Gasteiger partial charge in [0.15, 0.2) is 0 Å². The zero-order chi connectivity index (χ0) is 17.4. The molecule has 1 aromatic carbocycles. The molecule has 3 amide bonds. The second kappa shape index (κ2) is 5.66. The molecule has 1 aromatic heterocycles. The second-order valence-electron chi connectivity index (χ2n) is 5.39. The third-order valence-corrected chi connectivity index (χ3v) is 3.93. The minimum atomic E-state index is -0.616. The summed E-state index contributed by atoms with van der Waals surface area (Å²) < 4.78 is 5.34. The van der Waals surface area contributed by atoms with Crippen LogP contribution in [-0.4, -0.2) is 29.2 Å². The van der Waals surface area contributed by atoms with E-state index in [1.807, 2.05) is 6.07 Å². The van der Waals surface area contributed by atoms with Gasteiger partial charge < -0.3 is 4.42 Å². The van der Waals surface area contributed by atoms with Crippen LogP contribution in [0.2, 0.25) is 0 Å². The van der Waals surface area contributed by atoms with E-state index in [2.05, 4.69) is 5.32 Å². The third-order valence-electron chi connectivity index (χ3n) is 3.93. The molecule has 0 radical (unpaired) electrons. The van der Waals surface area contributed by atoms with Crippen molar-refractivity contribution in [1.82, 2.24) is 4.90 Å². The number of nitriles is 1. The lowest BCUT2D eigenvalue weighted by Crippen LogP contribution is -2.37. The summed E-state index contributed by atoms with van der Waals surface area (Å²) in [5.41, 5.74) is 1.41. The predicted octanol–water partition coefficient (Wildman–Crippen LogP) is 2.00. The van der Waals surface area contributed by atoms with Crippen molar-refractivity contribution in [2.24, 2.45) is 0 Å². The fraction of sp³-hybridized carbons (Fsp3) is 0.176. The van der Waals surface area contributed by atoms with Crippen LogP contribution >= 0.6 is 0 Å². The number of imide groups is 1. The molecule has 0 atom stereocenters. The van der Waals surface area contributed by atoms with Gasteiger partial charge in [0.2, 0.25) is 11.8 Å². The van der Waals surface area contributed by atoms with Gasteiger partial charge in [-0.3, -0.25) is 24.6 Å². The molecule has 0 saturated heterocycles. The Morgan fingerprint density at radius 1 is 1.21 bits per heavy atom. The van der Waals surface area contributed by atoms with Crippen molar-refractivity contribution in [3.05, 3.63) is 52.3 Å². The number of hydrogen-bond donors (Lipinski definition) is 1. The first kappa shape index (κ1) is 15.5. The summed E-state index contributed by atoms with van der Waals surface area (Å²) in [5.74, 6) is -1.11. The highest BCUT2D eigenvalue weighted by molar-refractivity contribution is 6.22. The van der Waals surface area contributed by atoms with Gasteiger partial charge in [-0.05, 0) is 26.0 Å². The summed E-state index contributed by atoms with van der Waals surface area (Å²) in [5, 5.41) is 11.6. The van der Waals surface area contributed by atoms with Gasteiger partial charge >= 0.3 is 0 Å². The maximum Gasteiger partial charge on any atom is 0.262 e. The van der Waals surface area contributed by atoms with Crippen molar-refractivity contribution in [3.63, 3.8) is 0 Å². The van der Waals surface area contributed by atoms with Crippen molar-refractivity contribution >= 4 is 23.6 Å². The quantitative estimate of drug-likeness (QED) is 0.870.